The van der Waals surface area contributed by atoms with E-state index in [1.165, 1.54) is 0 Å². The van der Waals surface area contributed by atoms with Crippen LogP contribution in [0.1, 0.15) is 10.4 Å². The number of carbonyl (C=O) groups excluding carboxylic acids is 1. The van der Waals surface area contributed by atoms with Gasteiger partial charge < -0.3 is 5.32 Å². The maximum absolute atomic E-state index is 12.8. The highest BCUT2D eigenvalue weighted by Crippen LogP contribution is 2.34. The summed E-state index contributed by atoms with van der Waals surface area (Å²) in [4.78, 5) is 22.7. The Morgan fingerprint density at radius 1 is 0.656 bits per heavy atom. The van der Waals surface area contributed by atoms with Gasteiger partial charge in [0.25, 0.3) is 5.91 Å². The fourth-order valence-electron chi connectivity index (χ4n) is 4.18. The smallest absolute Gasteiger partial charge is 0.255 e. The van der Waals surface area contributed by atoms with Crippen molar-refractivity contribution >= 4 is 66.8 Å². The van der Waals surface area contributed by atoms with Crippen molar-refractivity contribution in [3.63, 3.8) is 0 Å². The number of benzene rings is 5. The molecule has 1 N–H and O–H groups in total. The second-order valence-electron chi connectivity index (χ2n) is 7.65. The average molecular weight is 434 g/mol. The fraction of sp³-hybridized carbons (Fsp3) is 0. The third-order valence-corrected chi connectivity index (χ3v) is 6.03. The van der Waals surface area contributed by atoms with Gasteiger partial charge in [0, 0.05) is 16.3 Å². The van der Waals surface area contributed by atoms with Gasteiger partial charge in [0.05, 0.1) is 32.8 Å². The fourth-order valence-corrected chi connectivity index (χ4v) is 4.36. The number of anilines is 1. The minimum atomic E-state index is -0.245. The van der Waals surface area contributed by atoms with Crippen LogP contribution in [0.25, 0.3) is 43.6 Å². The monoisotopic (exact) mass is 433 g/mol. The molecule has 0 aliphatic carbocycles. The van der Waals surface area contributed by atoms with Gasteiger partial charge in [0.15, 0.2) is 0 Å². The molecule has 6 rings (SSSR count). The number of hydrogen-bond acceptors (Lipinski definition) is 3. The minimum absolute atomic E-state index is 0.245. The van der Waals surface area contributed by atoms with Crippen molar-refractivity contribution < 1.29 is 4.79 Å². The first-order valence-corrected chi connectivity index (χ1v) is 10.6. The standard InChI is InChI=1S/C27H16ClN3O/c28-21-11-5-6-12-22(21)31-27(32)16-13-14-23-24(15-16)30-26-20-10-4-2-8-18(20)17-7-1-3-9-19(17)25(26)29-23/h1-15H,(H,31,32). The summed E-state index contributed by atoms with van der Waals surface area (Å²) < 4.78 is 0. The highest BCUT2D eigenvalue weighted by atomic mass is 35.5. The van der Waals surface area contributed by atoms with Crippen LogP contribution < -0.4 is 5.32 Å². The van der Waals surface area contributed by atoms with E-state index in [1.54, 1.807) is 24.3 Å². The van der Waals surface area contributed by atoms with Crippen molar-refractivity contribution in [3.8, 4) is 0 Å². The number of fused-ring (bicyclic) bond motifs is 7. The van der Waals surface area contributed by atoms with Gasteiger partial charge in [0.2, 0.25) is 0 Å². The molecule has 0 spiro atoms. The summed E-state index contributed by atoms with van der Waals surface area (Å²) in [6.07, 6.45) is 0. The van der Waals surface area contributed by atoms with Gasteiger partial charge in [0.1, 0.15) is 0 Å². The molecule has 0 atom stereocenters. The predicted molar refractivity (Wildman–Crippen MR) is 131 cm³/mol. The first kappa shape index (κ1) is 18.7. The number of para-hydroxylation sites is 1. The Morgan fingerprint density at radius 2 is 1.22 bits per heavy atom. The number of rotatable bonds is 2. The Balaban J connectivity index is 1.55. The molecule has 152 valence electrons. The van der Waals surface area contributed by atoms with E-state index >= 15 is 0 Å². The Kier molecular flexibility index (Phi) is 4.27. The molecule has 0 saturated heterocycles. The Hall–Kier alpha value is -4.02. The zero-order chi connectivity index (χ0) is 21.7. The van der Waals surface area contributed by atoms with E-state index in [2.05, 4.69) is 29.6 Å². The van der Waals surface area contributed by atoms with Crippen LogP contribution in [0.15, 0.2) is 91.0 Å². The molecule has 1 amide bonds. The number of amides is 1. The van der Waals surface area contributed by atoms with Crippen molar-refractivity contribution in [2.75, 3.05) is 5.32 Å². The quantitative estimate of drug-likeness (QED) is 0.236. The summed E-state index contributed by atoms with van der Waals surface area (Å²) in [5.74, 6) is -0.245. The van der Waals surface area contributed by atoms with Crippen molar-refractivity contribution in [1.82, 2.24) is 9.97 Å². The zero-order valence-electron chi connectivity index (χ0n) is 16.8. The van der Waals surface area contributed by atoms with Crippen molar-refractivity contribution in [1.29, 1.82) is 0 Å². The van der Waals surface area contributed by atoms with Crippen LogP contribution in [-0.2, 0) is 0 Å². The summed E-state index contributed by atoms with van der Waals surface area (Å²) in [5, 5.41) is 7.75. The van der Waals surface area contributed by atoms with Gasteiger partial charge in [-0.25, -0.2) is 9.97 Å². The molecule has 1 heterocycles. The van der Waals surface area contributed by atoms with Crippen molar-refractivity contribution in [2.45, 2.75) is 0 Å². The molecule has 4 nitrogen and oxygen atoms in total. The topological polar surface area (TPSA) is 54.9 Å². The first-order chi connectivity index (χ1) is 15.7. The van der Waals surface area contributed by atoms with E-state index < -0.39 is 0 Å². The van der Waals surface area contributed by atoms with E-state index in [0.717, 1.165) is 38.1 Å². The SMILES string of the molecule is O=C(Nc1ccccc1Cl)c1ccc2nc3c4ccccc4c4ccccc4c3nc2c1. The zero-order valence-corrected chi connectivity index (χ0v) is 17.6. The molecule has 0 radical (unpaired) electrons. The lowest BCUT2D eigenvalue weighted by molar-refractivity contribution is 0.102. The van der Waals surface area contributed by atoms with Crippen LogP contribution in [0.2, 0.25) is 5.02 Å². The number of carbonyl (C=O) groups is 1. The Morgan fingerprint density at radius 3 is 1.88 bits per heavy atom. The highest BCUT2D eigenvalue weighted by molar-refractivity contribution is 6.34. The summed E-state index contributed by atoms with van der Waals surface area (Å²) in [7, 11) is 0. The molecule has 0 saturated carbocycles. The molecule has 5 heteroatoms. The van der Waals surface area contributed by atoms with Crippen molar-refractivity contribution in [2.24, 2.45) is 0 Å². The van der Waals surface area contributed by atoms with E-state index in [4.69, 9.17) is 21.6 Å². The lowest BCUT2D eigenvalue weighted by atomic mass is 9.99. The predicted octanol–water partition coefficient (Wildman–Crippen LogP) is 7.00. The lowest BCUT2D eigenvalue weighted by Crippen LogP contribution is -2.12. The summed E-state index contributed by atoms with van der Waals surface area (Å²) in [5.41, 5.74) is 4.17. The van der Waals surface area contributed by atoms with Gasteiger partial charge in [-0.15, -0.1) is 0 Å². The normalized spacial score (nSPS) is 11.4. The maximum atomic E-state index is 12.8. The van der Waals surface area contributed by atoms with Crippen LogP contribution in [0.3, 0.4) is 0 Å². The molecule has 0 aliphatic heterocycles. The molecule has 0 fully saturated rings. The number of hydrogen-bond donors (Lipinski definition) is 1. The first-order valence-electron chi connectivity index (χ1n) is 10.3. The van der Waals surface area contributed by atoms with E-state index in [1.807, 2.05) is 42.5 Å². The maximum Gasteiger partial charge on any atom is 0.255 e. The summed E-state index contributed by atoms with van der Waals surface area (Å²) >= 11 is 6.18. The number of halogens is 1. The van der Waals surface area contributed by atoms with Crippen LogP contribution in [0, 0.1) is 0 Å². The Bertz CT molecular complexity index is 1690. The molecule has 1 aromatic heterocycles. The number of aromatic nitrogens is 2. The summed E-state index contributed by atoms with van der Waals surface area (Å²) in [6, 6.07) is 29.0. The summed E-state index contributed by atoms with van der Waals surface area (Å²) in [6.45, 7) is 0. The molecular weight excluding hydrogens is 418 g/mol. The van der Waals surface area contributed by atoms with Gasteiger partial charge in [-0.3, -0.25) is 4.79 Å². The van der Waals surface area contributed by atoms with E-state index in [9.17, 15) is 4.79 Å². The molecule has 5 aromatic carbocycles. The largest absolute Gasteiger partial charge is 0.321 e. The molecule has 6 aromatic rings. The third kappa shape index (κ3) is 2.96. The average Bonchev–Trinajstić information content (AvgIpc) is 2.84. The van der Waals surface area contributed by atoms with Gasteiger partial charge in [-0.2, -0.15) is 0 Å². The highest BCUT2D eigenvalue weighted by Gasteiger charge is 2.14. The second kappa shape index (κ2) is 7.29. The van der Waals surface area contributed by atoms with E-state index in [-0.39, 0.29) is 5.91 Å². The van der Waals surface area contributed by atoms with Crippen LogP contribution in [-0.4, -0.2) is 15.9 Å². The molecule has 0 bridgehead atoms. The molecule has 0 unspecified atom stereocenters. The lowest BCUT2D eigenvalue weighted by Gasteiger charge is -2.11. The van der Waals surface area contributed by atoms with Gasteiger partial charge in [-0.05, 0) is 41.1 Å². The van der Waals surface area contributed by atoms with Gasteiger partial charge in [-0.1, -0.05) is 72.3 Å². The second-order valence-corrected chi connectivity index (χ2v) is 8.06. The number of nitrogens with one attached hydrogen (secondary N) is 1. The van der Waals surface area contributed by atoms with Gasteiger partial charge >= 0.3 is 0 Å². The molecular formula is C27H16ClN3O. The minimum Gasteiger partial charge on any atom is -0.321 e. The Labute approximate surface area is 188 Å². The van der Waals surface area contributed by atoms with Crippen molar-refractivity contribution in [3.05, 3.63) is 102 Å². The molecule has 0 aliphatic rings. The molecule has 32 heavy (non-hydrogen) atoms. The van der Waals surface area contributed by atoms with E-state index in [0.29, 0.717) is 21.8 Å². The van der Waals surface area contributed by atoms with Crippen LogP contribution >= 0.6 is 11.6 Å². The third-order valence-electron chi connectivity index (χ3n) is 5.70. The van der Waals surface area contributed by atoms with Crippen LogP contribution in [0.5, 0.6) is 0 Å². The number of nitrogens with zero attached hydrogens (tertiary/aromatic N) is 2. The van der Waals surface area contributed by atoms with Crippen LogP contribution in [0.4, 0.5) is 5.69 Å².